The van der Waals surface area contributed by atoms with E-state index in [4.69, 9.17) is 16.3 Å². The van der Waals surface area contributed by atoms with Gasteiger partial charge < -0.3 is 25.4 Å². The summed E-state index contributed by atoms with van der Waals surface area (Å²) in [7, 11) is 0. The Morgan fingerprint density at radius 2 is 2.05 bits per heavy atom. The first-order valence-electron chi connectivity index (χ1n) is 12.5. The summed E-state index contributed by atoms with van der Waals surface area (Å²) in [6.07, 6.45) is 4.89. The molecular weight excluding hydrogens is 508 g/mol. The minimum Gasteiger partial charge on any atom is -0.394 e. The van der Waals surface area contributed by atoms with Crippen molar-refractivity contribution in [1.82, 2.24) is 25.2 Å². The van der Waals surface area contributed by atoms with E-state index in [9.17, 15) is 14.7 Å². The number of carbonyl (C=O) groups is 2. The van der Waals surface area contributed by atoms with Gasteiger partial charge in [-0.3, -0.25) is 14.6 Å². The van der Waals surface area contributed by atoms with Crippen LogP contribution in [0, 0.1) is 6.92 Å². The first-order valence-corrected chi connectivity index (χ1v) is 12.9. The van der Waals surface area contributed by atoms with Gasteiger partial charge in [0.05, 0.1) is 47.4 Å². The van der Waals surface area contributed by atoms with Gasteiger partial charge in [0.25, 0.3) is 5.91 Å². The molecule has 198 valence electrons. The lowest BCUT2D eigenvalue weighted by Gasteiger charge is -2.23. The Hall–Kier alpha value is -3.60. The molecule has 0 spiro atoms. The molecule has 38 heavy (non-hydrogen) atoms. The molecule has 5 rings (SSSR count). The van der Waals surface area contributed by atoms with Crippen LogP contribution in [0.4, 0.5) is 5.95 Å². The Morgan fingerprint density at radius 3 is 2.82 bits per heavy atom. The molecule has 0 radical (unpaired) electrons. The van der Waals surface area contributed by atoms with Crippen molar-refractivity contribution in [3.05, 3.63) is 70.1 Å². The molecule has 2 amide bonds. The fourth-order valence-corrected chi connectivity index (χ4v) is 4.88. The predicted molar refractivity (Wildman–Crippen MR) is 142 cm³/mol. The van der Waals surface area contributed by atoms with Crippen LogP contribution >= 0.6 is 11.6 Å². The van der Waals surface area contributed by atoms with E-state index in [1.807, 2.05) is 31.2 Å². The molecule has 11 heteroatoms. The average molecular weight is 537 g/mol. The van der Waals surface area contributed by atoms with E-state index in [2.05, 4.69) is 25.6 Å². The van der Waals surface area contributed by atoms with Crippen molar-refractivity contribution in [2.24, 2.45) is 0 Å². The number of pyridine rings is 1. The van der Waals surface area contributed by atoms with E-state index in [0.29, 0.717) is 46.7 Å². The number of aliphatic hydroxyl groups excluding tert-OH is 1. The van der Waals surface area contributed by atoms with Crippen LogP contribution in [0.15, 0.2) is 42.7 Å². The number of hydrogen-bond acceptors (Lipinski definition) is 8. The SMILES string of the molecule is Cc1cccc(C(CO)NC(=O)CN2Cc3ncc(-c4nc(NC5CCOCC5)ncc4Cl)cc3C2=O)c1. The smallest absolute Gasteiger partial charge is 0.256 e. The third kappa shape index (κ3) is 5.77. The first-order chi connectivity index (χ1) is 18.4. The molecule has 0 bridgehead atoms. The standard InChI is InChI=1S/C27H29ClN6O4/c1-16-3-2-4-17(9-16)23(15-35)32-24(36)14-34-13-22-20(26(34)37)10-18(11-29-22)25-21(28)12-30-27(33-25)31-19-5-7-38-8-6-19/h2-4,9-12,19,23,35H,5-8,13-15H2,1H3,(H,32,36)(H,30,31,33). The number of halogens is 1. The molecule has 10 nitrogen and oxygen atoms in total. The Morgan fingerprint density at radius 1 is 1.24 bits per heavy atom. The number of fused-ring (bicyclic) bond motifs is 1. The van der Waals surface area contributed by atoms with Crippen LogP contribution in [0.3, 0.4) is 0 Å². The molecule has 1 saturated heterocycles. The highest BCUT2D eigenvalue weighted by Crippen LogP contribution is 2.30. The van der Waals surface area contributed by atoms with Gasteiger partial charge in [-0.1, -0.05) is 41.4 Å². The summed E-state index contributed by atoms with van der Waals surface area (Å²) in [6.45, 7) is 3.13. The second-order valence-corrected chi connectivity index (χ2v) is 9.92. The summed E-state index contributed by atoms with van der Waals surface area (Å²) in [6, 6.07) is 8.94. The van der Waals surface area contributed by atoms with Gasteiger partial charge in [-0.15, -0.1) is 0 Å². The van der Waals surface area contributed by atoms with Crippen LogP contribution in [0.1, 0.15) is 46.1 Å². The van der Waals surface area contributed by atoms with Crippen LogP contribution in [0.2, 0.25) is 5.02 Å². The summed E-state index contributed by atoms with van der Waals surface area (Å²) in [5, 5.41) is 16.3. The van der Waals surface area contributed by atoms with Crippen LogP contribution in [-0.2, 0) is 16.1 Å². The average Bonchev–Trinajstić information content (AvgIpc) is 3.23. The maximum Gasteiger partial charge on any atom is 0.256 e. The lowest BCUT2D eigenvalue weighted by molar-refractivity contribution is -0.122. The fraction of sp³-hybridized carbons (Fsp3) is 0.370. The lowest BCUT2D eigenvalue weighted by Crippen LogP contribution is -2.40. The van der Waals surface area contributed by atoms with Crippen molar-refractivity contribution >= 4 is 29.4 Å². The zero-order valence-corrected chi connectivity index (χ0v) is 21.7. The third-order valence-corrected chi connectivity index (χ3v) is 6.97. The van der Waals surface area contributed by atoms with E-state index < -0.39 is 6.04 Å². The summed E-state index contributed by atoms with van der Waals surface area (Å²) in [4.78, 5) is 40.7. The molecule has 1 fully saturated rings. The molecule has 1 unspecified atom stereocenters. The number of anilines is 1. The maximum atomic E-state index is 13.2. The number of hydrogen-bond donors (Lipinski definition) is 3. The minimum atomic E-state index is -0.559. The van der Waals surface area contributed by atoms with Gasteiger partial charge in [0.2, 0.25) is 11.9 Å². The summed E-state index contributed by atoms with van der Waals surface area (Å²) < 4.78 is 5.40. The number of benzene rings is 1. The van der Waals surface area contributed by atoms with Gasteiger partial charge in [-0.2, -0.15) is 0 Å². The fourth-order valence-electron chi connectivity index (χ4n) is 4.68. The van der Waals surface area contributed by atoms with E-state index in [1.165, 1.54) is 11.1 Å². The van der Waals surface area contributed by atoms with Crippen molar-refractivity contribution in [2.45, 2.75) is 38.4 Å². The monoisotopic (exact) mass is 536 g/mol. The number of nitrogens with zero attached hydrogens (tertiary/aromatic N) is 4. The second-order valence-electron chi connectivity index (χ2n) is 9.52. The van der Waals surface area contributed by atoms with Crippen LogP contribution in [0.25, 0.3) is 11.3 Å². The topological polar surface area (TPSA) is 130 Å². The molecule has 1 atom stereocenters. The van der Waals surface area contributed by atoms with E-state index in [1.54, 1.807) is 12.3 Å². The molecule has 3 aromatic rings. The molecule has 4 heterocycles. The summed E-state index contributed by atoms with van der Waals surface area (Å²) >= 11 is 6.41. The normalized spacial score (nSPS) is 16.3. The highest BCUT2D eigenvalue weighted by molar-refractivity contribution is 6.32. The first kappa shape index (κ1) is 26.0. The largest absolute Gasteiger partial charge is 0.394 e. The van der Waals surface area contributed by atoms with Crippen molar-refractivity contribution < 1.29 is 19.4 Å². The molecule has 2 aliphatic heterocycles. The van der Waals surface area contributed by atoms with Gasteiger partial charge in [0.1, 0.15) is 6.54 Å². The Kier molecular flexibility index (Phi) is 7.82. The van der Waals surface area contributed by atoms with Gasteiger partial charge >= 0.3 is 0 Å². The molecule has 3 N–H and O–H groups in total. The van der Waals surface area contributed by atoms with E-state index >= 15 is 0 Å². The van der Waals surface area contributed by atoms with Crippen LogP contribution in [0.5, 0.6) is 0 Å². The Balaban J connectivity index is 1.28. The predicted octanol–water partition coefficient (Wildman–Crippen LogP) is 2.90. The number of aliphatic hydroxyl groups is 1. The van der Waals surface area contributed by atoms with Crippen molar-refractivity contribution in [3.8, 4) is 11.3 Å². The van der Waals surface area contributed by atoms with Crippen LogP contribution < -0.4 is 10.6 Å². The zero-order valence-electron chi connectivity index (χ0n) is 21.0. The number of aryl methyl sites for hydroxylation is 1. The van der Waals surface area contributed by atoms with Gasteiger partial charge in [0.15, 0.2) is 0 Å². The summed E-state index contributed by atoms with van der Waals surface area (Å²) in [5.41, 5.74) is 3.87. The van der Waals surface area contributed by atoms with Gasteiger partial charge in [-0.25, -0.2) is 9.97 Å². The molecule has 2 aromatic heterocycles. The van der Waals surface area contributed by atoms with Crippen LogP contribution in [-0.4, -0.2) is 69.2 Å². The highest BCUT2D eigenvalue weighted by Gasteiger charge is 2.31. The minimum absolute atomic E-state index is 0.153. The molecular formula is C27H29ClN6O4. The number of rotatable bonds is 8. The molecule has 2 aliphatic rings. The van der Waals surface area contributed by atoms with Gasteiger partial charge in [-0.05, 0) is 31.4 Å². The Labute approximate surface area is 225 Å². The number of nitrogens with one attached hydrogen (secondary N) is 2. The number of ether oxygens (including phenoxy) is 1. The molecule has 0 aliphatic carbocycles. The quantitative estimate of drug-likeness (QED) is 0.401. The third-order valence-electron chi connectivity index (χ3n) is 6.70. The van der Waals surface area contributed by atoms with Crippen molar-refractivity contribution in [3.63, 3.8) is 0 Å². The van der Waals surface area contributed by atoms with Gasteiger partial charge in [0, 0.05) is 31.0 Å². The Bertz CT molecular complexity index is 1350. The zero-order chi connectivity index (χ0) is 26.6. The number of aromatic nitrogens is 3. The number of carbonyl (C=O) groups excluding carboxylic acids is 2. The van der Waals surface area contributed by atoms with Crippen molar-refractivity contribution in [2.75, 3.05) is 31.7 Å². The molecule has 1 aromatic carbocycles. The van der Waals surface area contributed by atoms with E-state index in [0.717, 1.165) is 24.0 Å². The lowest BCUT2D eigenvalue weighted by atomic mass is 10.1. The molecule has 0 saturated carbocycles. The maximum absolute atomic E-state index is 13.2. The summed E-state index contributed by atoms with van der Waals surface area (Å²) in [5.74, 6) is -0.214. The second kappa shape index (κ2) is 11.4. The van der Waals surface area contributed by atoms with E-state index in [-0.39, 0.29) is 37.6 Å². The highest BCUT2D eigenvalue weighted by atomic mass is 35.5. The number of amides is 2. The van der Waals surface area contributed by atoms with Crippen molar-refractivity contribution in [1.29, 1.82) is 0 Å².